The molecule has 2 aromatic rings. The van der Waals surface area contributed by atoms with Crippen LogP contribution < -0.4 is 5.32 Å². The van der Waals surface area contributed by atoms with Gasteiger partial charge in [0.15, 0.2) is 0 Å². The summed E-state index contributed by atoms with van der Waals surface area (Å²) in [5, 5.41) is 2.70. The van der Waals surface area contributed by atoms with Crippen LogP contribution in [-0.2, 0) is 9.53 Å². The molecule has 0 spiro atoms. The van der Waals surface area contributed by atoms with Crippen molar-refractivity contribution in [3.63, 3.8) is 0 Å². The molecule has 0 bridgehead atoms. The van der Waals surface area contributed by atoms with Crippen LogP contribution in [0.3, 0.4) is 0 Å². The smallest absolute Gasteiger partial charge is 0.337 e. The van der Waals surface area contributed by atoms with Crippen molar-refractivity contribution in [1.29, 1.82) is 0 Å². The summed E-state index contributed by atoms with van der Waals surface area (Å²) in [5.74, 6) is -0.716. The van der Waals surface area contributed by atoms with Gasteiger partial charge in [0.1, 0.15) is 0 Å². The number of halogens is 1. The molecule has 2 rings (SSSR count). The van der Waals surface area contributed by atoms with E-state index in [2.05, 4.69) is 26.0 Å². The Hall–Kier alpha value is -2.40. The molecular formula is C17H14BrNO3. The second kappa shape index (κ2) is 7.56. The van der Waals surface area contributed by atoms with Crippen LogP contribution in [0.5, 0.6) is 0 Å². The summed E-state index contributed by atoms with van der Waals surface area (Å²) in [6, 6.07) is 14.2. The van der Waals surface area contributed by atoms with Crippen molar-refractivity contribution in [2.45, 2.75) is 0 Å². The van der Waals surface area contributed by atoms with Crippen LogP contribution in [0.4, 0.5) is 5.69 Å². The third-order valence-electron chi connectivity index (χ3n) is 2.85. The molecule has 0 aromatic heterocycles. The fourth-order valence-electron chi connectivity index (χ4n) is 1.77. The minimum absolute atomic E-state index is 0.273. The number of hydrogen-bond acceptors (Lipinski definition) is 3. The van der Waals surface area contributed by atoms with Gasteiger partial charge in [0.2, 0.25) is 5.91 Å². The van der Waals surface area contributed by atoms with E-state index in [1.807, 2.05) is 24.3 Å². The van der Waals surface area contributed by atoms with E-state index >= 15 is 0 Å². The lowest BCUT2D eigenvalue weighted by atomic mass is 10.2. The SMILES string of the molecule is COC(=O)c1cccc(NC(=O)/C=C/c2ccc(Br)cc2)c1. The maximum atomic E-state index is 11.9. The zero-order valence-electron chi connectivity index (χ0n) is 11.9. The number of rotatable bonds is 4. The summed E-state index contributed by atoms with van der Waals surface area (Å²) in [6.07, 6.45) is 3.15. The van der Waals surface area contributed by atoms with Gasteiger partial charge >= 0.3 is 5.97 Å². The van der Waals surface area contributed by atoms with Crippen LogP contribution in [0.15, 0.2) is 59.1 Å². The van der Waals surface area contributed by atoms with Crippen molar-refractivity contribution in [2.24, 2.45) is 0 Å². The van der Waals surface area contributed by atoms with E-state index in [9.17, 15) is 9.59 Å². The van der Waals surface area contributed by atoms with Crippen molar-refractivity contribution >= 4 is 39.6 Å². The Kier molecular flexibility index (Phi) is 5.49. The molecule has 0 atom stereocenters. The number of nitrogens with one attached hydrogen (secondary N) is 1. The van der Waals surface area contributed by atoms with Gasteiger partial charge in [-0.3, -0.25) is 4.79 Å². The molecule has 112 valence electrons. The number of anilines is 1. The molecular weight excluding hydrogens is 346 g/mol. The molecule has 1 N–H and O–H groups in total. The number of carbonyl (C=O) groups excluding carboxylic acids is 2. The first-order valence-corrected chi connectivity index (χ1v) is 7.31. The lowest BCUT2D eigenvalue weighted by molar-refractivity contribution is -0.111. The van der Waals surface area contributed by atoms with Gasteiger partial charge in [-0.1, -0.05) is 34.1 Å². The first-order chi connectivity index (χ1) is 10.6. The topological polar surface area (TPSA) is 55.4 Å². The van der Waals surface area contributed by atoms with Crippen LogP contribution in [0.2, 0.25) is 0 Å². The standard InChI is InChI=1S/C17H14BrNO3/c1-22-17(21)13-3-2-4-15(11-13)19-16(20)10-7-12-5-8-14(18)9-6-12/h2-11H,1H3,(H,19,20)/b10-7+. The lowest BCUT2D eigenvalue weighted by Gasteiger charge is -2.04. The highest BCUT2D eigenvalue weighted by Crippen LogP contribution is 2.13. The van der Waals surface area contributed by atoms with Crippen LogP contribution >= 0.6 is 15.9 Å². The van der Waals surface area contributed by atoms with E-state index in [1.54, 1.807) is 30.3 Å². The highest BCUT2D eigenvalue weighted by Gasteiger charge is 2.06. The second-order valence-electron chi connectivity index (χ2n) is 4.45. The highest BCUT2D eigenvalue weighted by atomic mass is 79.9. The molecule has 0 aliphatic rings. The molecule has 0 saturated carbocycles. The van der Waals surface area contributed by atoms with Crippen molar-refractivity contribution in [1.82, 2.24) is 0 Å². The summed E-state index contributed by atoms with van der Waals surface area (Å²) >= 11 is 3.35. The van der Waals surface area contributed by atoms with E-state index in [4.69, 9.17) is 0 Å². The minimum atomic E-state index is -0.443. The maximum absolute atomic E-state index is 11.9. The van der Waals surface area contributed by atoms with Gasteiger partial charge in [-0.05, 0) is 42.0 Å². The molecule has 0 unspecified atom stereocenters. The Balaban J connectivity index is 2.02. The Morgan fingerprint density at radius 3 is 2.55 bits per heavy atom. The molecule has 22 heavy (non-hydrogen) atoms. The average Bonchev–Trinajstić information content (AvgIpc) is 2.54. The maximum Gasteiger partial charge on any atom is 0.337 e. The van der Waals surface area contributed by atoms with Gasteiger partial charge in [-0.25, -0.2) is 4.79 Å². The number of hydrogen-bond donors (Lipinski definition) is 1. The van der Waals surface area contributed by atoms with Gasteiger partial charge in [-0.15, -0.1) is 0 Å². The van der Waals surface area contributed by atoms with E-state index < -0.39 is 5.97 Å². The fourth-order valence-corrected chi connectivity index (χ4v) is 2.04. The summed E-state index contributed by atoms with van der Waals surface area (Å²) in [6.45, 7) is 0. The van der Waals surface area contributed by atoms with Crippen molar-refractivity contribution in [3.05, 3.63) is 70.2 Å². The van der Waals surface area contributed by atoms with E-state index in [1.165, 1.54) is 13.2 Å². The molecule has 2 aromatic carbocycles. The predicted molar refractivity (Wildman–Crippen MR) is 89.6 cm³/mol. The summed E-state index contributed by atoms with van der Waals surface area (Å²) in [5.41, 5.74) is 1.84. The fraction of sp³-hybridized carbons (Fsp3) is 0.0588. The second-order valence-corrected chi connectivity index (χ2v) is 5.36. The van der Waals surface area contributed by atoms with E-state index in [0.29, 0.717) is 11.3 Å². The third kappa shape index (κ3) is 4.56. The number of benzene rings is 2. The number of amides is 1. The molecule has 0 heterocycles. The van der Waals surface area contributed by atoms with Gasteiger partial charge in [0.25, 0.3) is 0 Å². The van der Waals surface area contributed by atoms with Crippen molar-refractivity contribution in [3.8, 4) is 0 Å². The van der Waals surface area contributed by atoms with E-state index in [0.717, 1.165) is 10.0 Å². The zero-order chi connectivity index (χ0) is 15.9. The number of carbonyl (C=O) groups is 2. The number of esters is 1. The summed E-state index contributed by atoms with van der Waals surface area (Å²) < 4.78 is 5.62. The molecule has 0 aliphatic carbocycles. The zero-order valence-corrected chi connectivity index (χ0v) is 13.5. The first kappa shape index (κ1) is 16.0. The Labute approximate surface area is 136 Å². The van der Waals surface area contributed by atoms with Crippen LogP contribution in [0.1, 0.15) is 15.9 Å². The molecule has 0 fully saturated rings. The van der Waals surface area contributed by atoms with Gasteiger partial charge in [-0.2, -0.15) is 0 Å². The molecule has 4 nitrogen and oxygen atoms in total. The van der Waals surface area contributed by atoms with Gasteiger partial charge in [0, 0.05) is 16.2 Å². The predicted octanol–water partition coefficient (Wildman–Crippen LogP) is 3.89. The number of ether oxygens (including phenoxy) is 1. The molecule has 0 radical (unpaired) electrons. The Morgan fingerprint density at radius 2 is 1.86 bits per heavy atom. The average molecular weight is 360 g/mol. The van der Waals surface area contributed by atoms with E-state index in [-0.39, 0.29) is 5.91 Å². The largest absolute Gasteiger partial charge is 0.465 e. The summed E-state index contributed by atoms with van der Waals surface area (Å²) in [7, 11) is 1.31. The van der Waals surface area contributed by atoms with Crippen LogP contribution in [-0.4, -0.2) is 19.0 Å². The van der Waals surface area contributed by atoms with Crippen molar-refractivity contribution in [2.75, 3.05) is 12.4 Å². The molecule has 5 heteroatoms. The Bertz CT molecular complexity index is 708. The van der Waals surface area contributed by atoms with Crippen LogP contribution in [0.25, 0.3) is 6.08 Å². The molecule has 1 amide bonds. The van der Waals surface area contributed by atoms with Gasteiger partial charge < -0.3 is 10.1 Å². The Morgan fingerprint density at radius 1 is 1.14 bits per heavy atom. The third-order valence-corrected chi connectivity index (χ3v) is 3.38. The monoisotopic (exact) mass is 359 g/mol. The molecule has 0 aliphatic heterocycles. The van der Waals surface area contributed by atoms with Gasteiger partial charge in [0.05, 0.1) is 12.7 Å². The van der Waals surface area contributed by atoms with Crippen molar-refractivity contribution < 1.29 is 14.3 Å². The van der Waals surface area contributed by atoms with Crippen LogP contribution in [0, 0.1) is 0 Å². The number of methoxy groups -OCH3 is 1. The minimum Gasteiger partial charge on any atom is -0.465 e. The molecule has 0 saturated heterocycles. The normalized spacial score (nSPS) is 10.5. The quantitative estimate of drug-likeness (QED) is 0.665. The first-order valence-electron chi connectivity index (χ1n) is 6.51. The highest BCUT2D eigenvalue weighted by molar-refractivity contribution is 9.10. The lowest BCUT2D eigenvalue weighted by Crippen LogP contribution is -2.09. The summed E-state index contributed by atoms with van der Waals surface area (Å²) in [4.78, 5) is 23.3.